The Morgan fingerprint density at radius 2 is 2.00 bits per heavy atom. The standard InChI is InChI=1S/C14H20N2O/c1-11-2-7-14(17)16(9-8-11)10-12-3-5-13(15)6-4-12/h3-6,11H,2,7-10,15H2,1H3. The second kappa shape index (κ2) is 5.21. The SMILES string of the molecule is CC1CCC(=O)N(Cc2ccc(N)cc2)CC1. The van der Waals surface area contributed by atoms with Crippen molar-refractivity contribution in [3.05, 3.63) is 29.8 Å². The predicted octanol–water partition coefficient (Wildman–Crippen LogP) is 2.42. The maximum Gasteiger partial charge on any atom is 0.222 e. The third-order valence-corrected chi connectivity index (χ3v) is 3.45. The molecule has 2 rings (SSSR count). The van der Waals surface area contributed by atoms with Gasteiger partial charge in [0.05, 0.1) is 0 Å². The van der Waals surface area contributed by atoms with Crippen molar-refractivity contribution >= 4 is 11.6 Å². The Labute approximate surface area is 103 Å². The van der Waals surface area contributed by atoms with E-state index in [0.717, 1.165) is 30.6 Å². The Bertz CT molecular complexity index is 386. The van der Waals surface area contributed by atoms with E-state index in [2.05, 4.69) is 6.92 Å². The third kappa shape index (κ3) is 3.22. The van der Waals surface area contributed by atoms with Crippen molar-refractivity contribution in [2.45, 2.75) is 32.7 Å². The Hall–Kier alpha value is -1.51. The molecule has 1 amide bonds. The minimum Gasteiger partial charge on any atom is -0.399 e. The highest BCUT2D eigenvalue weighted by atomic mass is 16.2. The normalized spacial score (nSPS) is 21.4. The molecule has 1 aliphatic rings. The summed E-state index contributed by atoms with van der Waals surface area (Å²) in [6.07, 6.45) is 2.83. The van der Waals surface area contributed by atoms with Crippen LogP contribution in [0.25, 0.3) is 0 Å². The molecule has 92 valence electrons. The van der Waals surface area contributed by atoms with Gasteiger partial charge >= 0.3 is 0 Å². The molecule has 0 bridgehead atoms. The fourth-order valence-electron chi connectivity index (χ4n) is 2.18. The molecule has 1 aromatic carbocycles. The van der Waals surface area contributed by atoms with Crippen LogP contribution in [0.5, 0.6) is 0 Å². The lowest BCUT2D eigenvalue weighted by molar-refractivity contribution is -0.131. The zero-order valence-corrected chi connectivity index (χ0v) is 10.4. The number of amides is 1. The summed E-state index contributed by atoms with van der Waals surface area (Å²) < 4.78 is 0. The Morgan fingerprint density at radius 3 is 2.71 bits per heavy atom. The summed E-state index contributed by atoms with van der Waals surface area (Å²) in [6, 6.07) is 7.77. The van der Waals surface area contributed by atoms with E-state index in [1.165, 1.54) is 0 Å². The van der Waals surface area contributed by atoms with Crippen LogP contribution in [0.1, 0.15) is 31.7 Å². The first-order valence-corrected chi connectivity index (χ1v) is 6.27. The molecular formula is C14H20N2O. The predicted molar refractivity (Wildman–Crippen MR) is 69.3 cm³/mol. The molecule has 0 radical (unpaired) electrons. The maximum absolute atomic E-state index is 11.9. The fourth-order valence-corrected chi connectivity index (χ4v) is 2.18. The van der Waals surface area contributed by atoms with Gasteiger partial charge in [-0.2, -0.15) is 0 Å². The average molecular weight is 232 g/mol. The number of hydrogen-bond donors (Lipinski definition) is 1. The average Bonchev–Trinajstić information content (AvgIpc) is 2.47. The van der Waals surface area contributed by atoms with Gasteiger partial charge in [0.25, 0.3) is 0 Å². The second-order valence-corrected chi connectivity index (χ2v) is 4.99. The van der Waals surface area contributed by atoms with E-state index < -0.39 is 0 Å². The number of nitrogen functional groups attached to an aromatic ring is 1. The summed E-state index contributed by atoms with van der Waals surface area (Å²) in [5.41, 5.74) is 7.57. The molecule has 3 nitrogen and oxygen atoms in total. The molecule has 0 aromatic heterocycles. The number of benzene rings is 1. The molecule has 17 heavy (non-hydrogen) atoms. The number of likely N-dealkylation sites (tertiary alicyclic amines) is 1. The quantitative estimate of drug-likeness (QED) is 0.796. The number of anilines is 1. The van der Waals surface area contributed by atoms with Gasteiger partial charge in [0.15, 0.2) is 0 Å². The van der Waals surface area contributed by atoms with E-state index in [9.17, 15) is 4.79 Å². The number of nitrogens with two attached hydrogens (primary N) is 1. The fraction of sp³-hybridized carbons (Fsp3) is 0.500. The van der Waals surface area contributed by atoms with Gasteiger partial charge in [0, 0.05) is 25.2 Å². The van der Waals surface area contributed by atoms with E-state index >= 15 is 0 Å². The van der Waals surface area contributed by atoms with Crippen molar-refractivity contribution in [1.82, 2.24) is 4.90 Å². The van der Waals surface area contributed by atoms with Gasteiger partial charge in [-0.1, -0.05) is 19.1 Å². The summed E-state index contributed by atoms with van der Waals surface area (Å²) in [6.45, 7) is 3.82. The van der Waals surface area contributed by atoms with Crippen LogP contribution in [0.15, 0.2) is 24.3 Å². The molecule has 3 heteroatoms. The van der Waals surface area contributed by atoms with Crippen LogP contribution in [-0.2, 0) is 11.3 Å². The van der Waals surface area contributed by atoms with Gasteiger partial charge in [-0.25, -0.2) is 0 Å². The molecule has 1 atom stereocenters. The van der Waals surface area contributed by atoms with Crippen LogP contribution in [0, 0.1) is 5.92 Å². The first-order chi connectivity index (χ1) is 8.15. The minimum atomic E-state index is 0.283. The molecule has 1 heterocycles. The molecular weight excluding hydrogens is 212 g/mol. The summed E-state index contributed by atoms with van der Waals surface area (Å²) in [5.74, 6) is 0.946. The van der Waals surface area contributed by atoms with Gasteiger partial charge in [0.2, 0.25) is 5.91 Å². The van der Waals surface area contributed by atoms with Gasteiger partial charge in [-0.15, -0.1) is 0 Å². The lowest BCUT2D eigenvalue weighted by atomic mass is 10.0. The lowest BCUT2D eigenvalue weighted by Crippen LogP contribution is -2.29. The molecule has 0 spiro atoms. The largest absolute Gasteiger partial charge is 0.399 e. The van der Waals surface area contributed by atoms with Crippen molar-refractivity contribution in [1.29, 1.82) is 0 Å². The lowest BCUT2D eigenvalue weighted by Gasteiger charge is -2.20. The Balaban J connectivity index is 2.01. The van der Waals surface area contributed by atoms with Crippen molar-refractivity contribution in [3.63, 3.8) is 0 Å². The van der Waals surface area contributed by atoms with Crippen LogP contribution in [-0.4, -0.2) is 17.4 Å². The molecule has 2 N–H and O–H groups in total. The third-order valence-electron chi connectivity index (χ3n) is 3.45. The summed E-state index contributed by atoms with van der Waals surface area (Å²) >= 11 is 0. The topological polar surface area (TPSA) is 46.3 Å². The van der Waals surface area contributed by atoms with Crippen LogP contribution in [0.4, 0.5) is 5.69 Å². The monoisotopic (exact) mass is 232 g/mol. The zero-order chi connectivity index (χ0) is 12.3. The van der Waals surface area contributed by atoms with Crippen LogP contribution >= 0.6 is 0 Å². The van der Waals surface area contributed by atoms with Crippen molar-refractivity contribution < 1.29 is 4.79 Å². The van der Waals surface area contributed by atoms with E-state index in [4.69, 9.17) is 5.73 Å². The van der Waals surface area contributed by atoms with Gasteiger partial charge in [-0.05, 0) is 36.5 Å². The number of hydrogen-bond acceptors (Lipinski definition) is 2. The first-order valence-electron chi connectivity index (χ1n) is 6.27. The second-order valence-electron chi connectivity index (χ2n) is 4.99. The highest BCUT2D eigenvalue weighted by molar-refractivity contribution is 5.76. The van der Waals surface area contributed by atoms with E-state index in [-0.39, 0.29) is 5.91 Å². The molecule has 1 saturated heterocycles. The molecule has 0 saturated carbocycles. The zero-order valence-electron chi connectivity index (χ0n) is 10.4. The summed E-state index contributed by atoms with van der Waals surface area (Å²) in [7, 11) is 0. The summed E-state index contributed by atoms with van der Waals surface area (Å²) in [5, 5.41) is 0. The van der Waals surface area contributed by atoms with Crippen LogP contribution in [0.2, 0.25) is 0 Å². The van der Waals surface area contributed by atoms with Gasteiger partial charge in [-0.3, -0.25) is 4.79 Å². The highest BCUT2D eigenvalue weighted by Gasteiger charge is 2.19. The Morgan fingerprint density at radius 1 is 1.29 bits per heavy atom. The van der Waals surface area contributed by atoms with Crippen LogP contribution < -0.4 is 5.73 Å². The van der Waals surface area contributed by atoms with Crippen molar-refractivity contribution in [2.75, 3.05) is 12.3 Å². The molecule has 1 aliphatic heterocycles. The minimum absolute atomic E-state index is 0.283. The maximum atomic E-state index is 11.9. The highest BCUT2D eigenvalue weighted by Crippen LogP contribution is 2.19. The van der Waals surface area contributed by atoms with Gasteiger partial charge in [0.1, 0.15) is 0 Å². The van der Waals surface area contributed by atoms with Crippen molar-refractivity contribution in [2.24, 2.45) is 5.92 Å². The summed E-state index contributed by atoms with van der Waals surface area (Å²) in [4.78, 5) is 13.9. The molecule has 1 aromatic rings. The first kappa shape index (κ1) is 12.0. The Kier molecular flexibility index (Phi) is 3.67. The molecule has 0 aliphatic carbocycles. The number of nitrogens with zero attached hydrogens (tertiary/aromatic N) is 1. The van der Waals surface area contributed by atoms with E-state index in [0.29, 0.717) is 18.9 Å². The number of carbonyl (C=O) groups is 1. The number of carbonyl (C=O) groups excluding carboxylic acids is 1. The van der Waals surface area contributed by atoms with Gasteiger partial charge < -0.3 is 10.6 Å². The van der Waals surface area contributed by atoms with Crippen molar-refractivity contribution in [3.8, 4) is 0 Å². The number of rotatable bonds is 2. The van der Waals surface area contributed by atoms with Crippen LogP contribution in [0.3, 0.4) is 0 Å². The smallest absolute Gasteiger partial charge is 0.222 e. The molecule has 1 unspecified atom stereocenters. The molecule has 1 fully saturated rings. The van der Waals surface area contributed by atoms with E-state index in [1.807, 2.05) is 29.2 Å². The van der Waals surface area contributed by atoms with E-state index in [1.54, 1.807) is 0 Å².